The summed E-state index contributed by atoms with van der Waals surface area (Å²) in [4.78, 5) is 0. The quantitative estimate of drug-likeness (QED) is 0.694. The Morgan fingerprint density at radius 3 is 2.38 bits per heavy atom. The lowest BCUT2D eigenvalue weighted by molar-refractivity contribution is 0.282. The molecule has 1 rings (SSSR count). The minimum absolute atomic E-state index is 0.711. The predicted molar refractivity (Wildman–Crippen MR) is 57.9 cm³/mol. The first kappa shape index (κ1) is 11.0. The Morgan fingerprint density at radius 1 is 1.31 bits per heavy atom. The van der Waals surface area contributed by atoms with Gasteiger partial charge < -0.3 is 10.6 Å². The van der Waals surface area contributed by atoms with E-state index in [0.717, 1.165) is 11.8 Å². The van der Waals surface area contributed by atoms with Crippen LogP contribution in [0, 0.1) is 11.8 Å². The van der Waals surface area contributed by atoms with E-state index in [4.69, 9.17) is 0 Å². The van der Waals surface area contributed by atoms with Crippen LogP contribution in [0.15, 0.2) is 0 Å². The maximum absolute atomic E-state index is 3.43. The number of rotatable bonds is 4. The average Bonchev–Trinajstić information content (AvgIpc) is 2.15. The molecule has 0 saturated carbocycles. The van der Waals surface area contributed by atoms with Crippen LogP contribution >= 0.6 is 0 Å². The van der Waals surface area contributed by atoms with Gasteiger partial charge in [-0.05, 0) is 51.2 Å². The lowest BCUT2D eigenvalue weighted by atomic mass is 9.87. The summed E-state index contributed by atoms with van der Waals surface area (Å²) in [5.74, 6) is 1.71. The van der Waals surface area contributed by atoms with Crippen molar-refractivity contribution in [1.82, 2.24) is 10.6 Å². The first-order chi connectivity index (χ1) is 6.24. The minimum Gasteiger partial charge on any atom is -0.317 e. The van der Waals surface area contributed by atoms with Crippen LogP contribution in [0.5, 0.6) is 0 Å². The molecule has 1 fully saturated rings. The fourth-order valence-corrected chi connectivity index (χ4v) is 2.20. The summed E-state index contributed by atoms with van der Waals surface area (Å²) in [5, 5.41) is 6.84. The first-order valence-electron chi connectivity index (χ1n) is 5.62. The van der Waals surface area contributed by atoms with Crippen molar-refractivity contribution < 1.29 is 0 Å². The fraction of sp³-hybridized carbons (Fsp3) is 1.00. The molecule has 2 nitrogen and oxygen atoms in total. The monoisotopic (exact) mass is 184 g/mol. The van der Waals surface area contributed by atoms with Gasteiger partial charge in [-0.3, -0.25) is 0 Å². The van der Waals surface area contributed by atoms with Crippen LogP contribution in [0.2, 0.25) is 0 Å². The molecule has 0 aromatic heterocycles. The van der Waals surface area contributed by atoms with Crippen molar-refractivity contribution in [3.05, 3.63) is 0 Å². The lowest BCUT2D eigenvalue weighted by Gasteiger charge is -2.28. The van der Waals surface area contributed by atoms with Crippen molar-refractivity contribution in [3.8, 4) is 0 Å². The summed E-state index contributed by atoms with van der Waals surface area (Å²) in [6.07, 6.45) is 4.09. The number of hydrogen-bond acceptors (Lipinski definition) is 2. The molecule has 2 N–H and O–H groups in total. The molecule has 0 aromatic carbocycles. The smallest absolute Gasteiger partial charge is 0.00897 e. The maximum Gasteiger partial charge on any atom is 0.00897 e. The van der Waals surface area contributed by atoms with Crippen LogP contribution in [-0.2, 0) is 0 Å². The topological polar surface area (TPSA) is 24.1 Å². The van der Waals surface area contributed by atoms with E-state index in [2.05, 4.69) is 31.5 Å². The standard InChI is InChI=1S/C11H24N2/c1-9(2)11(12-3)8-10-4-6-13-7-5-10/h9-13H,4-8H2,1-3H3. The van der Waals surface area contributed by atoms with Gasteiger partial charge in [0.05, 0.1) is 0 Å². The largest absolute Gasteiger partial charge is 0.317 e. The highest BCUT2D eigenvalue weighted by Gasteiger charge is 2.19. The third kappa shape index (κ3) is 3.65. The molecule has 0 spiro atoms. The van der Waals surface area contributed by atoms with Crippen LogP contribution < -0.4 is 10.6 Å². The predicted octanol–water partition coefficient (Wildman–Crippen LogP) is 1.62. The molecule has 0 amide bonds. The number of piperidine rings is 1. The van der Waals surface area contributed by atoms with Gasteiger partial charge >= 0.3 is 0 Å². The molecule has 1 aliphatic rings. The van der Waals surface area contributed by atoms with Crippen LogP contribution in [0.1, 0.15) is 33.1 Å². The second-order valence-electron chi connectivity index (χ2n) is 4.57. The molecule has 1 saturated heterocycles. The Kier molecular flexibility index (Phi) is 4.74. The Morgan fingerprint density at radius 2 is 1.92 bits per heavy atom. The van der Waals surface area contributed by atoms with Crippen molar-refractivity contribution in [2.75, 3.05) is 20.1 Å². The zero-order chi connectivity index (χ0) is 9.68. The Bertz CT molecular complexity index is 128. The highest BCUT2D eigenvalue weighted by Crippen LogP contribution is 2.20. The lowest BCUT2D eigenvalue weighted by Crippen LogP contribution is -2.36. The summed E-state index contributed by atoms with van der Waals surface area (Å²) < 4.78 is 0. The van der Waals surface area contributed by atoms with Gasteiger partial charge in [0.15, 0.2) is 0 Å². The Balaban J connectivity index is 2.27. The molecular weight excluding hydrogens is 160 g/mol. The molecule has 1 heterocycles. The zero-order valence-corrected chi connectivity index (χ0v) is 9.27. The van der Waals surface area contributed by atoms with Gasteiger partial charge in [0.25, 0.3) is 0 Å². The molecule has 0 aliphatic carbocycles. The van der Waals surface area contributed by atoms with Gasteiger partial charge in [-0.2, -0.15) is 0 Å². The summed E-state index contributed by atoms with van der Waals surface area (Å²) in [7, 11) is 2.09. The third-order valence-corrected chi connectivity index (χ3v) is 3.22. The van der Waals surface area contributed by atoms with E-state index in [1.807, 2.05) is 0 Å². The molecule has 1 unspecified atom stereocenters. The second-order valence-corrected chi connectivity index (χ2v) is 4.57. The molecule has 0 bridgehead atoms. The van der Waals surface area contributed by atoms with Gasteiger partial charge in [-0.1, -0.05) is 13.8 Å². The van der Waals surface area contributed by atoms with E-state index in [0.29, 0.717) is 6.04 Å². The van der Waals surface area contributed by atoms with Gasteiger partial charge in [0.2, 0.25) is 0 Å². The fourth-order valence-electron chi connectivity index (χ4n) is 2.20. The van der Waals surface area contributed by atoms with E-state index in [1.54, 1.807) is 0 Å². The van der Waals surface area contributed by atoms with Crippen LogP contribution in [0.4, 0.5) is 0 Å². The van der Waals surface area contributed by atoms with Gasteiger partial charge in [-0.15, -0.1) is 0 Å². The molecule has 1 aliphatic heterocycles. The van der Waals surface area contributed by atoms with Crippen LogP contribution in [-0.4, -0.2) is 26.2 Å². The number of hydrogen-bond donors (Lipinski definition) is 2. The van der Waals surface area contributed by atoms with E-state index < -0.39 is 0 Å². The van der Waals surface area contributed by atoms with E-state index in [1.165, 1.54) is 32.4 Å². The average molecular weight is 184 g/mol. The van der Waals surface area contributed by atoms with E-state index in [9.17, 15) is 0 Å². The van der Waals surface area contributed by atoms with Gasteiger partial charge in [-0.25, -0.2) is 0 Å². The molecule has 2 heteroatoms. The number of nitrogens with one attached hydrogen (secondary N) is 2. The van der Waals surface area contributed by atoms with Crippen molar-refractivity contribution in [2.45, 2.75) is 39.2 Å². The molecule has 13 heavy (non-hydrogen) atoms. The van der Waals surface area contributed by atoms with Gasteiger partial charge in [0, 0.05) is 6.04 Å². The molecule has 1 atom stereocenters. The van der Waals surface area contributed by atoms with Crippen molar-refractivity contribution in [3.63, 3.8) is 0 Å². The molecule has 0 radical (unpaired) electrons. The maximum atomic E-state index is 3.43. The SMILES string of the molecule is CNC(CC1CCNCC1)C(C)C. The van der Waals surface area contributed by atoms with E-state index >= 15 is 0 Å². The summed E-state index contributed by atoms with van der Waals surface area (Å²) in [6, 6.07) is 0.711. The Hall–Kier alpha value is -0.0800. The molecular formula is C11H24N2. The first-order valence-corrected chi connectivity index (χ1v) is 5.62. The third-order valence-electron chi connectivity index (χ3n) is 3.22. The van der Waals surface area contributed by atoms with Gasteiger partial charge in [0.1, 0.15) is 0 Å². The van der Waals surface area contributed by atoms with Crippen LogP contribution in [0.25, 0.3) is 0 Å². The summed E-state index contributed by atoms with van der Waals surface area (Å²) in [6.45, 7) is 7.06. The minimum atomic E-state index is 0.711. The summed E-state index contributed by atoms with van der Waals surface area (Å²) >= 11 is 0. The highest BCUT2D eigenvalue weighted by atomic mass is 14.9. The van der Waals surface area contributed by atoms with Crippen LogP contribution in [0.3, 0.4) is 0 Å². The normalized spacial score (nSPS) is 22.2. The van der Waals surface area contributed by atoms with E-state index in [-0.39, 0.29) is 0 Å². The Labute approximate surface area is 82.5 Å². The second kappa shape index (κ2) is 5.61. The van der Waals surface area contributed by atoms with Crippen molar-refractivity contribution >= 4 is 0 Å². The highest BCUT2D eigenvalue weighted by molar-refractivity contribution is 4.76. The molecule has 78 valence electrons. The molecule has 0 aromatic rings. The summed E-state index contributed by atoms with van der Waals surface area (Å²) in [5.41, 5.74) is 0. The van der Waals surface area contributed by atoms with Crippen molar-refractivity contribution in [2.24, 2.45) is 11.8 Å². The van der Waals surface area contributed by atoms with Crippen molar-refractivity contribution in [1.29, 1.82) is 0 Å². The zero-order valence-electron chi connectivity index (χ0n) is 9.27.